The Kier molecular flexibility index (Phi) is 4.98. The number of hydrogen-bond acceptors (Lipinski definition) is 2. The molecule has 0 amide bonds. The van der Waals surface area contributed by atoms with Gasteiger partial charge in [-0.3, -0.25) is 4.90 Å². The minimum Gasteiger partial charge on any atom is -0.477 e. The van der Waals surface area contributed by atoms with Gasteiger partial charge in [0.1, 0.15) is 12.5 Å². The number of rotatable bonds is 3. The lowest BCUT2D eigenvalue weighted by atomic mass is 10.2. The lowest BCUT2D eigenvalue weighted by Gasteiger charge is -2.30. The van der Waals surface area contributed by atoms with Gasteiger partial charge in [-0.2, -0.15) is 0 Å². The predicted octanol–water partition coefficient (Wildman–Crippen LogP) is 2.76. The zero-order valence-electron chi connectivity index (χ0n) is 7.78. The molecule has 1 heterocycles. The molecule has 0 N–H and O–H groups in total. The molecule has 1 saturated heterocycles. The standard InChI is InChI=1S/C10H12INO.ClH/c11-9-4-1-2-5-10(9)13-8-12-6-3-7-12;/h1-2,4-5H,3,6-8H2;1H. The van der Waals surface area contributed by atoms with Crippen molar-refractivity contribution >= 4 is 35.0 Å². The maximum Gasteiger partial charge on any atom is 0.142 e. The molecule has 0 aliphatic carbocycles. The van der Waals surface area contributed by atoms with Crippen molar-refractivity contribution in [2.45, 2.75) is 6.42 Å². The van der Waals surface area contributed by atoms with Gasteiger partial charge in [-0.05, 0) is 41.1 Å². The summed E-state index contributed by atoms with van der Waals surface area (Å²) in [6.45, 7) is 3.10. The number of nitrogens with zero attached hydrogens (tertiary/aromatic N) is 1. The summed E-state index contributed by atoms with van der Waals surface area (Å²) in [4.78, 5) is 2.29. The minimum absolute atomic E-state index is 0. The van der Waals surface area contributed by atoms with Crippen LogP contribution in [0.3, 0.4) is 0 Å². The first-order valence-corrected chi connectivity index (χ1v) is 5.54. The molecule has 78 valence electrons. The van der Waals surface area contributed by atoms with Crippen molar-refractivity contribution in [3.05, 3.63) is 27.8 Å². The lowest BCUT2D eigenvalue weighted by Crippen LogP contribution is -2.39. The van der Waals surface area contributed by atoms with E-state index in [9.17, 15) is 0 Å². The van der Waals surface area contributed by atoms with E-state index in [0.717, 1.165) is 12.5 Å². The largest absolute Gasteiger partial charge is 0.477 e. The Labute approximate surface area is 104 Å². The van der Waals surface area contributed by atoms with Crippen LogP contribution in [-0.4, -0.2) is 24.7 Å². The van der Waals surface area contributed by atoms with Crippen LogP contribution in [0.4, 0.5) is 0 Å². The Morgan fingerprint density at radius 1 is 1.29 bits per heavy atom. The fraction of sp³-hybridized carbons (Fsp3) is 0.400. The normalized spacial score (nSPS) is 15.5. The highest BCUT2D eigenvalue weighted by Crippen LogP contribution is 2.20. The van der Waals surface area contributed by atoms with Crippen molar-refractivity contribution in [1.29, 1.82) is 0 Å². The van der Waals surface area contributed by atoms with Crippen LogP contribution < -0.4 is 4.74 Å². The number of hydrogen-bond donors (Lipinski definition) is 0. The van der Waals surface area contributed by atoms with E-state index in [1.165, 1.54) is 23.1 Å². The van der Waals surface area contributed by atoms with Crippen LogP contribution in [0.25, 0.3) is 0 Å². The Bertz CT molecular complexity index is 291. The summed E-state index contributed by atoms with van der Waals surface area (Å²) in [6, 6.07) is 8.11. The molecule has 1 aromatic carbocycles. The van der Waals surface area contributed by atoms with E-state index in [1.807, 2.05) is 18.2 Å². The molecule has 14 heavy (non-hydrogen) atoms. The molecule has 2 nitrogen and oxygen atoms in total. The van der Waals surface area contributed by atoms with Crippen molar-refractivity contribution in [3.63, 3.8) is 0 Å². The van der Waals surface area contributed by atoms with Crippen molar-refractivity contribution in [2.24, 2.45) is 0 Å². The summed E-state index contributed by atoms with van der Waals surface area (Å²) < 4.78 is 6.84. The van der Waals surface area contributed by atoms with Gasteiger partial charge in [0.05, 0.1) is 3.57 Å². The van der Waals surface area contributed by atoms with E-state index in [2.05, 4.69) is 33.6 Å². The van der Waals surface area contributed by atoms with E-state index in [4.69, 9.17) is 4.74 Å². The van der Waals surface area contributed by atoms with Crippen LogP contribution in [-0.2, 0) is 0 Å². The highest BCUT2D eigenvalue weighted by atomic mass is 127. The van der Waals surface area contributed by atoms with Gasteiger partial charge >= 0.3 is 0 Å². The smallest absolute Gasteiger partial charge is 0.142 e. The van der Waals surface area contributed by atoms with Gasteiger partial charge < -0.3 is 4.74 Å². The third-order valence-corrected chi connectivity index (χ3v) is 3.08. The van der Waals surface area contributed by atoms with Crippen molar-refractivity contribution in [2.75, 3.05) is 19.8 Å². The lowest BCUT2D eigenvalue weighted by molar-refractivity contribution is 0.0725. The SMILES string of the molecule is Cl.Ic1ccccc1OCN1CCC1. The molecular formula is C10H13ClINO. The van der Waals surface area contributed by atoms with Gasteiger partial charge in [-0.25, -0.2) is 0 Å². The summed E-state index contributed by atoms with van der Waals surface area (Å²) in [6.07, 6.45) is 1.31. The van der Waals surface area contributed by atoms with Crippen LogP contribution in [0.2, 0.25) is 0 Å². The fourth-order valence-corrected chi connectivity index (χ4v) is 1.78. The van der Waals surface area contributed by atoms with Crippen LogP contribution in [0, 0.1) is 3.57 Å². The monoisotopic (exact) mass is 325 g/mol. The highest BCUT2D eigenvalue weighted by molar-refractivity contribution is 14.1. The third-order valence-electron chi connectivity index (χ3n) is 2.19. The van der Waals surface area contributed by atoms with E-state index >= 15 is 0 Å². The first kappa shape index (κ1) is 12.1. The van der Waals surface area contributed by atoms with Gasteiger partial charge in [-0.1, -0.05) is 12.1 Å². The molecule has 0 radical (unpaired) electrons. The second-order valence-corrected chi connectivity index (χ2v) is 4.34. The second kappa shape index (κ2) is 5.78. The van der Waals surface area contributed by atoms with E-state index < -0.39 is 0 Å². The predicted molar refractivity (Wildman–Crippen MR) is 68.1 cm³/mol. The third kappa shape index (κ3) is 3.00. The Hall–Kier alpha value is -0.0000000000000000208. The summed E-state index contributed by atoms with van der Waals surface area (Å²) in [5.41, 5.74) is 0. The molecule has 1 aliphatic heterocycles. The van der Waals surface area contributed by atoms with Crippen molar-refractivity contribution in [3.8, 4) is 5.75 Å². The molecule has 0 spiro atoms. The second-order valence-electron chi connectivity index (χ2n) is 3.18. The molecule has 4 heteroatoms. The molecule has 0 atom stereocenters. The number of ether oxygens (including phenoxy) is 1. The van der Waals surface area contributed by atoms with E-state index in [0.29, 0.717) is 0 Å². The molecule has 1 aromatic rings. The molecule has 0 bridgehead atoms. The molecule has 0 unspecified atom stereocenters. The zero-order valence-corrected chi connectivity index (χ0v) is 10.8. The highest BCUT2D eigenvalue weighted by Gasteiger charge is 2.13. The quantitative estimate of drug-likeness (QED) is 0.792. The first-order chi connectivity index (χ1) is 6.36. The van der Waals surface area contributed by atoms with Crippen LogP contribution in [0.15, 0.2) is 24.3 Å². The van der Waals surface area contributed by atoms with Crippen LogP contribution in [0.1, 0.15) is 6.42 Å². The maximum atomic E-state index is 5.66. The topological polar surface area (TPSA) is 12.5 Å². The fourth-order valence-electron chi connectivity index (χ4n) is 1.23. The number of benzene rings is 1. The van der Waals surface area contributed by atoms with Crippen molar-refractivity contribution in [1.82, 2.24) is 4.90 Å². The Balaban J connectivity index is 0.000000980. The molecule has 1 aliphatic rings. The molecule has 2 rings (SSSR count). The first-order valence-electron chi connectivity index (χ1n) is 4.46. The Morgan fingerprint density at radius 3 is 2.57 bits per heavy atom. The average molecular weight is 326 g/mol. The van der Waals surface area contributed by atoms with E-state index in [-0.39, 0.29) is 12.4 Å². The summed E-state index contributed by atoms with van der Waals surface area (Å²) >= 11 is 2.29. The summed E-state index contributed by atoms with van der Waals surface area (Å²) in [7, 11) is 0. The van der Waals surface area contributed by atoms with Gasteiger partial charge in [0, 0.05) is 13.1 Å². The van der Waals surface area contributed by atoms with Crippen molar-refractivity contribution < 1.29 is 4.74 Å². The van der Waals surface area contributed by atoms with Gasteiger partial charge in [0.2, 0.25) is 0 Å². The zero-order chi connectivity index (χ0) is 9.10. The molecule has 0 saturated carbocycles. The minimum atomic E-state index is 0. The van der Waals surface area contributed by atoms with Gasteiger partial charge in [0.25, 0.3) is 0 Å². The summed E-state index contributed by atoms with van der Waals surface area (Å²) in [5, 5.41) is 0. The molecule has 1 fully saturated rings. The molecule has 0 aromatic heterocycles. The number of likely N-dealkylation sites (tertiary alicyclic amines) is 1. The van der Waals surface area contributed by atoms with Gasteiger partial charge in [-0.15, -0.1) is 12.4 Å². The maximum absolute atomic E-state index is 5.66. The Morgan fingerprint density at radius 2 is 2.00 bits per heavy atom. The average Bonchev–Trinajstić information content (AvgIpc) is 2.05. The molecular weight excluding hydrogens is 312 g/mol. The van der Waals surface area contributed by atoms with Crippen LogP contribution in [0.5, 0.6) is 5.75 Å². The number of para-hydroxylation sites is 1. The van der Waals surface area contributed by atoms with Crippen LogP contribution >= 0.6 is 35.0 Å². The van der Waals surface area contributed by atoms with Gasteiger partial charge in [0.15, 0.2) is 0 Å². The summed E-state index contributed by atoms with van der Waals surface area (Å²) in [5.74, 6) is 0.995. The number of halogens is 2. The van der Waals surface area contributed by atoms with E-state index in [1.54, 1.807) is 0 Å².